The van der Waals surface area contributed by atoms with Gasteiger partial charge in [0.2, 0.25) is 0 Å². The molecule has 0 saturated heterocycles. The summed E-state index contributed by atoms with van der Waals surface area (Å²) in [5.74, 6) is -0.561. The molecule has 0 bridgehead atoms. The van der Waals surface area contributed by atoms with Crippen LogP contribution in [-0.2, 0) is 22.4 Å². The number of carbonyl (C=O) groups is 1. The first-order valence-corrected chi connectivity index (χ1v) is 7.03. The largest absolute Gasteiger partial charge is 0.464 e. The number of pyridine rings is 1. The van der Waals surface area contributed by atoms with Crippen LogP contribution in [0.4, 0.5) is 0 Å². The molecule has 0 fully saturated rings. The highest BCUT2D eigenvalue weighted by Crippen LogP contribution is 2.05. The number of rotatable bonds is 7. The normalized spacial score (nSPS) is 11.9. The zero-order valence-electron chi connectivity index (χ0n) is 11.8. The lowest BCUT2D eigenvalue weighted by atomic mass is 10.1. The Morgan fingerprint density at radius 3 is 2.52 bits per heavy atom. The zero-order valence-corrected chi connectivity index (χ0v) is 11.8. The molecule has 4 nitrogen and oxygen atoms in total. The van der Waals surface area contributed by atoms with E-state index in [9.17, 15) is 9.90 Å². The summed E-state index contributed by atoms with van der Waals surface area (Å²) in [5.41, 5.74) is 2.07. The number of benzene rings is 1. The molecule has 0 radical (unpaired) electrons. The first-order valence-electron chi connectivity index (χ1n) is 7.03. The van der Waals surface area contributed by atoms with Crippen molar-refractivity contribution in [3.8, 4) is 0 Å². The Hall–Kier alpha value is -2.20. The van der Waals surface area contributed by atoms with Crippen LogP contribution >= 0.6 is 0 Å². The van der Waals surface area contributed by atoms with Crippen molar-refractivity contribution >= 4 is 5.97 Å². The SMILES string of the molecule is O=C(OCCCc1ccncc1)[C@@H](O)Cc1ccccc1. The molecule has 0 aliphatic carbocycles. The highest BCUT2D eigenvalue weighted by Gasteiger charge is 2.16. The molecular weight excluding hydrogens is 266 g/mol. The maximum absolute atomic E-state index is 11.7. The molecular formula is C17H19NO3. The van der Waals surface area contributed by atoms with Crippen LogP contribution in [0.15, 0.2) is 54.9 Å². The van der Waals surface area contributed by atoms with Crippen LogP contribution < -0.4 is 0 Å². The van der Waals surface area contributed by atoms with Crippen LogP contribution in [0.25, 0.3) is 0 Å². The third-order valence-electron chi connectivity index (χ3n) is 3.15. The van der Waals surface area contributed by atoms with Crippen molar-refractivity contribution in [1.29, 1.82) is 0 Å². The maximum atomic E-state index is 11.7. The van der Waals surface area contributed by atoms with Gasteiger partial charge in [-0.1, -0.05) is 30.3 Å². The van der Waals surface area contributed by atoms with Gasteiger partial charge in [0, 0.05) is 18.8 Å². The van der Waals surface area contributed by atoms with Gasteiger partial charge in [-0.15, -0.1) is 0 Å². The van der Waals surface area contributed by atoms with Gasteiger partial charge < -0.3 is 9.84 Å². The lowest BCUT2D eigenvalue weighted by molar-refractivity contribution is -0.153. The second-order valence-electron chi connectivity index (χ2n) is 4.83. The summed E-state index contributed by atoms with van der Waals surface area (Å²) in [6.07, 6.45) is 4.21. The number of hydrogen-bond donors (Lipinski definition) is 1. The number of aliphatic hydroxyl groups is 1. The van der Waals surface area contributed by atoms with E-state index in [0.29, 0.717) is 6.61 Å². The fourth-order valence-electron chi connectivity index (χ4n) is 2.02. The summed E-state index contributed by atoms with van der Waals surface area (Å²) in [5, 5.41) is 9.80. The molecule has 0 aliphatic rings. The Labute approximate surface area is 124 Å². The third kappa shape index (κ3) is 5.36. The van der Waals surface area contributed by atoms with E-state index < -0.39 is 12.1 Å². The Morgan fingerprint density at radius 2 is 1.81 bits per heavy atom. The van der Waals surface area contributed by atoms with Gasteiger partial charge in [-0.3, -0.25) is 4.98 Å². The van der Waals surface area contributed by atoms with E-state index >= 15 is 0 Å². The van der Waals surface area contributed by atoms with Crippen molar-refractivity contribution in [3.63, 3.8) is 0 Å². The standard InChI is InChI=1S/C17H19NO3/c19-16(13-15-5-2-1-3-6-15)17(20)21-12-4-7-14-8-10-18-11-9-14/h1-3,5-6,8-11,16,19H,4,7,12-13H2/t16-/m0/s1. The second-order valence-corrected chi connectivity index (χ2v) is 4.83. The van der Waals surface area contributed by atoms with Gasteiger partial charge in [0.05, 0.1) is 6.61 Å². The van der Waals surface area contributed by atoms with Gasteiger partial charge in [0.1, 0.15) is 0 Å². The number of nitrogens with zero attached hydrogens (tertiary/aromatic N) is 1. The molecule has 2 aromatic rings. The molecule has 21 heavy (non-hydrogen) atoms. The third-order valence-corrected chi connectivity index (χ3v) is 3.15. The van der Waals surface area contributed by atoms with Gasteiger partial charge in [0.15, 0.2) is 6.10 Å². The highest BCUT2D eigenvalue weighted by molar-refractivity contribution is 5.74. The van der Waals surface area contributed by atoms with Crippen LogP contribution in [0, 0.1) is 0 Å². The lowest BCUT2D eigenvalue weighted by Crippen LogP contribution is -2.25. The molecule has 0 amide bonds. The number of esters is 1. The minimum atomic E-state index is -1.10. The average molecular weight is 285 g/mol. The zero-order chi connectivity index (χ0) is 14.9. The second kappa shape index (κ2) is 8.17. The fraction of sp³-hybridized carbons (Fsp3) is 0.294. The van der Waals surface area contributed by atoms with Crippen LogP contribution in [-0.4, -0.2) is 28.8 Å². The topological polar surface area (TPSA) is 59.4 Å². The molecule has 4 heteroatoms. The lowest BCUT2D eigenvalue weighted by Gasteiger charge is -2.10. The van der Waals surface area contributed by atoms with Crippen LogP contribution in [0.5, 0.6) is 0 Å². The monoisotopic (exact) mass is 285 g/mol. The molecule has 1 N–H and O–H groups in total. The first-order chi connectivity index (χ1) is 10.3. The van der Waals surface area contributed by atoms with Gasteiger partial charge in [-0.2, -0.15) is 0 Å². The van der Waals surface area contributed by atoms with E-state index in [4.69, 9.17) is 4.74 Å². The summed E-state index contributed by atoms with van der Waals surface area (Å²) in [7, 11) is 0. The number of carbonyl (C=O) groups excluding carboxylic acids is 1. The van der Waals surface area contributed by atoms with Crippen LogP contribution in [0.1, 0.15) is 17.5 Å². The molecule has 0 spiro atoms. The van der Waals surface area contributed by atoms with Gasteiger partial charge in [-0.05, 0) is 36.1 Å². The Kier molecular flexibility index (Phi) is 5.91. The summed E-state index contributed by atoms with van der Waals surface area (Å²) in [6, 6.07) is 13.3. The van der Waals surface area contributed by atoms with E-state index in [1.54, 1.807) is 12.4 Å². The molecule has 1 aromatic carbocycles. The summed E-state index contributed by atoms with van der Waals surface area (Å²) < 4.78 is 5.09. The average Bonchev–Trinajstić information content (AvgIpc) is 2.53. The first kappa shape index (κ1) is 15.2. The molecule has 0 aliphatic heterocycles. The van der Waals surface area contributed by atoms with E-state index in [1.165, 1.54) is 0 Å². The summed E-state index contributed by atoms with van der Waals surface area (Å²) in [6.45, 7) is 0.313. The van der Waals surface area contributed by atoms with Gasteiger partial charge >= 0.3 is 5.97 Å². The maximum Gasteiger partial charge on any atom is 0.335 e. The predicted molar refractivity (Wildman–Crippen MR) is 79.7 cm³/mol. The minimum absolute atomic E-state index is 0.282. The van der Waals surface area contributed by atoms with E-state index in [0.717, 1.165) is 24.0 Å². The number of ether oxygens (including phenoxy) is 1. The number of aliphatic hydroxyl groups excluding tert-OH is 1. The molecule has 1 atom stereocenters. The predicted octanol–water partition coefficient (Wildman–Crippen LogP) is 2.16. The van der Waals surface area contributed by atoms with Crippen LogP contribution in [0.3, 0.4) is 0 Å². The highest BCUT2D eigenvalue weighted by atomic mass is 16.5. The molecule has 2 rings (SSSR count). The van der Waals surface area contributed by atoms with Crippen molar-refractivity contribution in [2.45, 2.75) is 25.4 Å². The molecule has 1 heterocycles. The summed E-state index contributed by atoms with van der Waals surface area (Å²) >= 11 is 0. The van der Waals surface area contributed by atoms with Crippen molar-refractivity contribution in [3.05, 3.63) is 66.0 Å². The molecule has 0 saturated carbocycles. The number of hydrogen-bond acceptors (Lipinski definition) is 4. The van der Waals surface area contributed by atoms with Crippen molar-refractivity contribution in [2.75, 3.05) is 6.61 Å². The van der Waals surface area contributed by atoms with Crippen molar-refractivity contribution in [1.82, 2.24) is 4.98 Å². The molecule has 1 aromatic heterocycles. The van der Waals surface area contributed by atoms with E-state index in [-0.39, 0.29) is 6.42 Å². The smallest absolute Gasteiger partial charge is 0.335 e. The van der Waals surface area contributed by atoms with E-state index in [1.807, 2.05) is 42.5 Å². The minimum Gasteiger partial charge on any atom is -0.464 e. The van der Waals surface area contributed by atoms with E-state index in [2.05, 4.69) is 4.98 Å². The summed E-state index contributed by atoms with van der Waals surface area (Å²) in [4.78, 5) is 15.6. The van der Waals surface area contributed by atoms with Gasteiger partial charge in [0.25, 0.3) is 0 Å². The quantitative estimate of drug-likeness (QED) is 0.625. The Balaban J connectivity index is 1.67. The van der Waals surface area contributed by atoms with Crippen molar-refractivity contribution in [2.24, 2.45) is 0 Å². The number of aryl methyl sites for hydroxylation is 1. The number of aromatic nitrogens is 1. The van der Waals surface area contributed by atoms with Gasteiger partial charge in [-0.25, -0.2) is 4.79 Å². The van der Waals surface area contributed by atoms with Crippen LogP contribution in [0.2, 0.25) is 0 Å². The molecule has 110 valence electrons. The Morgan fingerprint density at radius 1 is 1.10 bits per heavy atom. The fourth-order valence-corrected chi connectivity index (χ4v) is 2.02. The Bertz CT molecular complexity index is 542. The molecule has 0 unspecified atom stereocenters. The van der Waals surface area contributed by atoms with Crippen molar-refractivity contribution < 1.29 is 14.6 Å².